The number of carbonyl (C=O) groups is 3. The monoisotopic (exact) mass is 532 g/mol. The van der Waals surface area contributed by atoms with E-state index in [4.69, 9.17) is 27.4 Å². The highest BCUT2D eigenvalue weighted by Crippen LogP contribution is 2.37. The lowest BCUT2D eigenvalue weighted by molar-refractivity contribution is -0.122. The van der Waals surface area contributed by atoms with E-state index in [1.54, 1.807) is 6.07 Å². The molecule has 178 valence electrons. The smallest absolute Gasteiger partial charge is 0.339 e. The van der Waals surface area contributed by atoms with Crippen LogP contribution in [0.4, 0.5) is 10.5 Å². The average Bonchev–Trinajstić information content (AvgIpc) is 2.81. The molecule has 2 N–H and O–H groups in total. The Balaban J connectivity index is 1.67. The first-order chi connectivity index (χ1) is 16.6. The van der Waals surface area contributed by atoms with E-state index in [1.165, 1.54) is 60.7 Å². The largest absolute Gasteiger partial charge is 0.508 e. The Bertz CT molecular complexity index is 1470. The number of benzene rings is 3. The normalized spacial score (nSPS) is 15.3. The van der Waals surface area contributed by atoms with Crippen LogP contribution in [0.2, 0.25) is 10.0 Å². The summed E-state index contributed by atoms with van der Waals surface area (Å²) in [6, 6.07) is 14.1. The molecule has 1 saturated heterocycles. The second-order valence-corrected chi connectivity index (χ2v) is 9.50. The molecule has 9 nitrogen and oxygen atoms in total. The van der Waals surface area contributed by atoms with Crippen LogP contribution in [-0.4, -0.2) is 31.4 Å². The minimum atomic E-state index is -4.23. The van der Waals surface area contributed by atoms with E-state index in [0.717, 1.165) is 11.0 Å². The molecule has 0 bridgehead atoms. The van der Waals surface area contributed by atoms with Crippen molar-refractivity contribution in [2.75, 3.05) is 4.90 Å². The van der Waals surface area contributed by atoms with Crippen LogP contribution in [0.3, 0.4) is 0 Å². The summed E-state index contributed by atoms with van der Waals surface area (Å²) < 4.78 is 30.1. The van der Waals surface area contributed by atoms with Crippen LogP contribution in [0.1, 0.15) is 5.56 Å². The summed E-state index contributed by atoms with van der Waals surface area (Å²) in [4.78, 5) is 38.2. The van der Waals surface area contributed by atoms with Gasteiger partial charge in [-0.2, -0.15) is 8.42 Å². The SMILES string of the molecule is O=C1NC(=O)N(c2ccc(O)cc2)C(=O)/C1=C/c1cc(Cl)c(OS(=O)(=O)c2ccccc2)c(Cl)c1. The first-order valence-electron chi connectivity index (χ1n) is 9.76. The average molecular weight is 533 g/mol. The molecule has 3 aromatic carbocycles. The van der Waals surface area contributed by atoms with Crippen molar-refractivity contribution in [1.82, 2.24) is 5.32 Å². The molecule has 0 spiro atoms. The van der Waals surface area contributed by atoms with Gasteiger partial charge in [0.1, 0.15) is 16.2 Å². The number of urea groups is 1. The van der Waals surface area contributed by atoms with Crippen LogP contribution in [0.25, 0.3) is 6.08 Å². The van der Waals surface area contributed by atoms with Gasteiger partial charge in [-0.05, 0) is 60.2 Å². The Morgan fingerprint density at radius 2 is 1.51 bits per heavy atom. The van der Waals surface area contributed by atoms with Crippen LogP contribution in [0, 0.1) is 0 Å². The highest BCUT2D eigenvalue weighted by atomic mass is 35.5. The van der Waals surface area contributed by atoms with Gasteiger partial charge in [-0.3, -0.25) is 14.9 Å². The van der Waals surface area contributed by atoms with Gasteiger partial charge in [-0.15, -0.1) is 0 Å². The van der Waals surface area contributed by atoms with Crippen molar-refractivity contribution in [2.24, 2.45) is 0 Å². The molecule has 12 heteroatoms. The molecule has 0 saturated carbocycles. The topological polar surface area (TPSA) is 130 Å². The number of nitrogens with zero attached hydrogens (tertiary/aromatic N) is 1. The number of aromatic hydroxyl groups is 1. The van der Waals surface area contributed by atoms with E-state index in [1.807, 2.05) is 0 Å². The Kier molecular flexibility index (Phi) is 6.53. The Morgan fingerprint density at radius 1 is 0.914 bits per heavy atom. The van der Waals surface area contributed by atoms with Crippen molar-refractivity contribution in [3.05, 3.63) is 87.9 Å². The summed E-state index contributed by atoms with van der Waals surface area (Å²) in [7, 11) is -4.23. The zero-order valence-electron chi connectivity index (χ0n) is 17.4. The predicted molar refractivity (Wildman–Crippen MR) is 128 cm³/mol. The maximum Gasteiger partial charge on any atom is 0.339 e. The van der Waals surface area contributed by atoms with Crippen LogP contribution in [-0.2, 0) is 19.7 Å². The molecule has 0 atom stereocenters. The van der Waals surface area contributed by atoms with Gasteiger partial charge in [0.05, 0.1) is 15.7 Å². The van der Waals surface area contributed by atoms with Crippen LogP contribution >= 0.6 is 23.2 Å². The van der Waals surface area contributed by atoms with Gasteiger partial charge in [0.2, 0.25) is 0 Å². The number of carbonyl (C=O) groups excluding carboxylic acids is 3. The first kappa shape index (κ1) is 24.3. The summed E-state index contributed by atoms with van der Waals surface area (Å²) in [5, 5.41) is 11.1. The molecular weight excluding hydrogens is 519 g/mol. The van der Waals surface area contributed by atoms with Crippen LogP contribution in [0.5, 0.6) is 11.5 Å². The number of imide groups is 2. The van der Waals surface area contributed by atoms with Crippen LogP contribution in [0.15, 0.2) is 77.2 Å². The number of anilines is 1. The van der Waals surface area contributed by atoms with E-state index >= 15 is 0 Å². The molecule has 0 aliphatic carbocycles. The lowest BCUT2D eigenvalue weighted by Crippen LogP contribution is -2.54. The lowest BCUT2D eigenvalue weighted by Gasteiger charge is -2.26. The zero-order chi connectivity index (χ0) is 25.3. The number of hydrogen-bond donors (Lipinski definition) is 2. The molecule has 0 aromatic heterocycles. The van der Waals surface area contributed by atoms with Gasteiger partial charge in [0, 0.05) is 0 Å². The second-order valence-electron chi connectivity index (χ2n) is 7.14. The molecular formula is C23H14Cl2N2O7S. The van der Waals surface area contributed by atoms with Crippen molar-refractivity contribution in [3.63, 3.8) is 0 Å². The van der Waals surface area contributed by atoms with Crippen LogP contribution < -0.4 is 14.4 Å². The van der Waals surface area contributed by atoms with Crippen molar-refractivity contribution >= 4 is 62.9 Å². The van der Waals surface area contributed by atoms with E-state index in [0.29, 0.717) is 0 Å². The standard InChI is InChI=1S/C23H14Cl2N2O7S/c24-18-11-13(12-19(25)20(18)34-35(32,33)16-4-2-1-3-5-16)10-17-21(29)26-23(31)27(22(17)30)14-6-8-15(28)9-7-14/h1-12,28H,(H,26,29,31)/b17-10+. The number of nitrogens with one attached hydrogen (secondary N) is 1. The Morgan fingerprint density at radius 3 is 2.11 bits per heavy atom. The third-order valence-electron chi connectivity index (χ3n) is 4.77. The molecule has 1 aliphatic heterocycles. The third kappa shape index (κ3) is 4.99. The third-order valence-corrected chi connectivity index (χ3v) is 6.56. The Hall–Kier alpha value is -3.86. The summed E-state index contributed by atoms with van der Waals surface area (Å²) in [5.74, 6) is -2.29. The maximum atomic E-state index is 13.0. The van der Waals surface area contributed by atoms with Crippen molar-refractivity contribution < 1.29 is 32.1 Å². The number of amides is 4. The predicted octanol–water partition coefficient (Wildman–Crippen LogP) is 4.13. The second kappa shape index (κ2) is 9.41. The number of phenols is 1. The molecule has 4 rings (SSSR count). The van der Waals surface area contributed by atoms with Gasteiger partial charge < -0.3 is 9.29 Å². The van der Waals surface area contributed by atoms with Crippen molar-refractivity contribution in [2.45, 2.75) is 4.90 Å². The first-order valence-corrected chi connectivity index (χ1v) is 11.9. The highest BCUT2D eigenvalue weighted by Gasteiger charge is 2.37. The van der Waals surface area contributed by atoms with Gasteiger partial charge in [-0.25, -0.2) is 9.69 Å². The fourth-order valence-electron chi connectivity index (χ4n) is 3.15. The maximum absolute atomic E-state index is 13.0. The minimum Gasteiger partial charge on any atom is -0.508 e. The minimum absolute atomic E-state index is 0.0775. The summed E-state index contributed by atoms with van der Waals surface area (Å²) in [6.45, 7) is 0. The lowest BCUT2D eigenvalue weighted by atomic mass is 10.1. The summed E-state index contributed by atoms with van der Waals surface area (Å²) >= 11 is 12.4. The quantitative estimate of drug-likeness (QED) is 0.287. The number of hydrogen-bond acceptors (Lipinski definition) is 7. The van der Waals surface area contributed by atoms with Gasteiger partial charge in [0.25, 0.3) is 11.8 Å². The molecule has 1 fully saturated rings. The summed E-state index contributed by atoms with van der Waals surface area (Å²) in [5.41, 5.74) is -0.118. The highest BCUT2D eigenvalue weighted by molar-refractivity contribution is 7.87. The number of rotatable bonds is 5. The molecule has 0 radical (unpaired) electrons. The van der Waals surface area contributed by atoms with Gasteiger partial charge in [0.15, 0.2) is 5.75 Å². The molecule has 35 heavy (non-hydrogen) atoms. The Labute approximate surface area is 209 Å². The molecule has 1 heterocycles. The van der Waals surface area contributed by atoms with Gasteiger partial charge >= 0.3 is 16.1 Å². The molecule has 1 aliphatic rings. The number of barbiturate groups is 1. The zero-order valence-corrected chi connectivity index (χ0v) is 19.8. The van der Waals surface area contributed by atoms with E-state index in [-0.39, 0.29) is 37.7 Å². The van der Waals surface area contributed by atoms with E-state index in [9.17, 15) is 27.9 Å². The summed E-state index contributed by atoms with van der Waals surface area (Å²) in [6.07, 6.45) is 1.14. The van der Waals surface area contributed by atoms with Crippen molar-refractivity contribution in [1.29, 1.82) is 0 Å². The fraction of sp³-hybridized carbons (Fsp3) is 0. The van der Waals surface area contributed by atoms with E-state index in [2.05, 4.69) is 5.32 Å². The van der Waals surface area contributed by atoms with Gasteiger partial charge in [-0.1, -0.05) is 41.4 Å². The fourth-order valence-corrected chi connectivity index (χ4v) is 4.81. The molecule has 3 aromatic rings. The number of halogens is 2. The number of phenolic OH excluding ortho intramolecular Hbond substituents is 1. The molecule has 4 amide bonds. The molecule has 0 unspecified atom stereocenters. The van der Waals surface area contributed by atoms with Crippen molar-refractivity contribution in [3.8, 4) is 11.5 Å². The van der Waals surface area contributed by atoms with E-state index < -0.39 is 33.5 Å².